The fraction of sp³-hybridized carbons (Fsp3) is 0.438. The number of rotatable bonds is 4. The highest BCUT2D eigenvalue weighted by Crippen LogP contribution is 2.47. The third kappa shape index (κ3) is 2.08. The first-order valence-electron chi connectivity index (χ1n) is 6.94. The maximum atomic E-state index is 4.90. The molecule has 3 rings (SSSR count). The van der Waals surface area contributed by atoms with Crippen molar-refractivity contribution in [3.63, 3.8) is 0 Å². The van der Waals surface area contributed by atoms with E-state index in [4.69, 9.17) is 4.98 Å². The molecule has 1 aromatic carbocycles. The van der Waals surface area contributed by atoms with Crippen molar-refractivity contribution in [3.05, 3.63) is 41.3 Å². The molecule has 1 aliphatic carbocycles. The van der Waals surface area contributed by atoms with Crippen molar-refractivity contribution < 1.29 is 0 Å². The van der Waals surface area contributed by atoms with Crippen molar-refractivity contribution in [2.45, 2.75) is 32.1 Å². The molecule has 2 N–H and O–H groups in total. The fourth-order valence-corrected chi connectivity index (χ4v) is 2.80. The number of H-pyrrole nitrogens is 1. The van der Waals surface area contributed by atoms with E-state index in [0.29, 0.717) is 0 Å². The Morgan fingerprint density at radius 1 is 1.26 bits per heavy atom. The SMILES string of the molecule is CNCC1(c2nc(-c3ccccc3C)c(C)[nH]2)CC1. The predicted molar refractivity (Wildman–Crippen MR) is 78.3 cm³/mol. The Labute approximate surface area is 114 Å². The minimum absolute atomic E-state index is 0.250. The van der Waals surface area contributed by atoms with Gasteiger partial charge in [0.05, 0.1) is 5.69 Å². The van der Waals surface area contributed by atoms with Gasteiger partial charge in [0.2, 0.25) is 0 Å². The van der Waals surface area contributed by atoms with Gasteiger partial charge >= 0.3 is 0 Å². The van der Waals surface area contributed by atoms with Gasteiger partial charge in [0.15, 0.2) is 0 Å². The number of imidazole rings is 1. The molecule has 0 aliphatic heterocycles. The predicted octanol–water partition coefficient (Wildman–Crippen LogP) is 2.94. The Balaban J connectivity index is 2.01. The normalized spacial score (nSPS) is 16.6. The Bertz CT molecular complexity index is 594. The van der Waals surface area contributed by atoms with Crippen LogP contribution in [-0.2, 0) is 5.41 Å². The molecule has 0 amide bonds. The summed E-state index contributed by atoms with van der Waals surface area (Å²) >= 11 is 0. The van der Waals surface area contributed by atoms with Gasteiger partial charge in [0.25, 0.3) is 0 Å². The molecule has 0 saturated heterocycles. The van der Waals surface area contributed by atoms with E-state index in [1.54, 1.807) is 0 Å². The molecule has 3 nitrogen and oxygen atoms in total. The standard InChI is InChI=1S/C16H21N3/c1-11-6-4-5-7-13(11)14-12(2)18-15(19-14)16(8-9-16)10-17-3/h4-7,17H,8-10H2,1-3H3,(H,18,19). The van der Waals surface area contributed by atoms with E-state index >= 15 is 0 Å². The molecule has 0 unspecified atom stereocenters. The molecule has 0 spiro atoms. The highest BCUT2D eigenvalue weighted by atomic mass is 15.0. The van der Waals surface area contributed by atoms with Crippen LogP contribution in [0.4, 0.5) is 0 Å². The van der Waals surface area contributed by atoms with Crippen LogP contribution in [0.3, 0.4) is 0 Å². The van der Waals surface area contributed by atoms with E-state index in [1.165, 1.54) is 29.7 Å². The van der Waals surface area contributed by atoms with Crippen LogP contribution in [0.1, 0.15) is 29.9 Å². The molecule has 3 heteroatoms. The van der Waals surface area contributed by atoms with E-state index in [2.05, 4.69) is 48.4 Å². The Kier molecular flexibility index (Phi) is 2.94. The first-order valence-corrected chi connectivity index (χ1v) is 6.94. The van der Waals surface area contributed by atoms with Crippen LogP contribution in [0.5, 0.6) is 0 Å². The summed E-state index contributed by atoms with van der Waals surface area (Å²) in [7, 11) is 2.01. The quantitative estimate of drug-likeness (QED) is 0.882. The number of aromatic amines is 1. The monoisotopic (exact) mass is 255 g/mol. The summed E-state index contributed by atoms with van der Waals surface area (Å²) in [5.74, 6) is 1.15. The molecule has 1 saturated carbocycles. The Hall–Kier alpha value is -1.61. The first-order chi connectivity index (χ1) is 9.16. The van der Waals surface area contributed by atoms with Gasteiger partial charge in [-0.15, -0.1) is 0 Å². The average Bonchev–Trinajstić information content (AvgIpc) is 3.07. The number of likely N-dealkylation sites (N-methyl/N-ethyl adjacent to an activating group) is 1. The molecule has 1 fully saturated rings. The number of aryl methyl sites for hydroxylation is 2. The Morgan fingerprint density at radius 2 is 2.00 bits per heavy atom. The lowest BCUT2D eigenvalue weighted by molar-refractivity contribution is 0.593. The summed E-state index contributed by atoms with van der Waals surface area (Å²) in [6, 6.07) is 8.45. The minimum atomic E-state index is 0.250. The topological polar surface area (TPSA) is 40.7 Å². The molecule has 1 aromatic heterocycles. The smallest absolute Gasteiger partial charge is 0.114 e. The van der Waals surface area contributed by atoms with Crippen LogP contribution < -0.4 is 5.32 Å². The molecular formula is C16H21N3. The van der Waals surface area contributed by atoms with Gasteiger partial charge in [-0.2, -0.15) is 0 Å². The van der Waals surface area contributed by atoms with Gasteiger partial charge in [-0.3, -0.25) is 0 Å². The van der Waals surface area contributed by atoms with Crippen molar-refractivity contribution in [3.8, 4) is 11.3 Å². The lowest BCUT2D eigenvalue weighted by atomic mass is 10.0. The summed E-state index contributed by atoms with van der Waals surface area (Å²) in [5.41, 5.74) is 5.05. The number of nitrogens with zero attached hydrogens (tertiary/aromatic N) is 1. The molecule has 19 heavy (non-hydrogen) atoms. The van der Waals surface area contributed by atoms with E-state index < -0.39 is 0 Å². The molecular weight excluding hydrogens is 234 g/mol. The summed E-state index contributed by atoms with van der Waals surface area (Å²) < 4.78 is 0. The molecule has 2 aromatic rings. The second kappa shape index (κ2) is 4.49. The molecule has 0 radical (unpaired) electrons. The number of benzene rings is 1. The zero-order chi connectivity index (χ0) is 13.5. The van der Waals surface area contributed by atoms with E-state index in [0.717, 1.165) is 18.1 Å². The highest BCUT2D eigenvalue weighted by Gasteiger charge is 2.46. The van der Waals surface area contributed by atoms with Crippen LogP contribution in [0, 0.1) is 13.8 Å². The molecule has 0 atom stereocenters. The number of nitrogens with one attached hydrogen (secondary N) is 2. The second-order valence-corrected chi connectivity index (χ2v) is 5.68. The zero-order valence-corrected chi connectivity index (χ0v) is 11.9. The minimum Gasteiger partial charge on any atom is -0.345 e. The number of hydrogen-bond donors (Lipinski definition) is 2. The van der Waals surface area contributed by atoms with Crippen molar-refractivity contribution in [1.29, 1.82) is 0 Å². The van der Waals surface area contributed by atoms with Crippen LogP contribution in [0.2, 0.25) is 0 Å². The molecule has 1 heterocycles. The van der Waals surface area contributed by atoms with Crippen LogP contribution >= 0.6 is 0 Å². The maximum Gasteiger partial charge on any atom is 0.114 e. The van der Waals surface area contributed by atoms with E-state index in [9.17, 15) is 0 Å². The number of hydrogen-bond acceptors (Lipinski definition) is 2. The highest BCUT2D eigenvalue weighted by molar-refractivity contribution is 5.66. The van der Waals surface area contributed by atoms with Gasteiger partial charge in [0, 0.05) is 23.2 Å². The summed E-state index contributed by atoms with van der Waals surface area (Å²) in [5, 5.41) is 3.29. The van der Waals surface area contributed by atoms with Gasteiger partial charge < -0.3 is 10.3 Å². The summed E-state index contributed by atoms with van der Waals surface area (Å²) in [6.45, 7) is 5.27. The van der Waals surface area contributed by atoms with E-state index in [1.807, 2.05) is 7.05 Å². The molecule has 100 valence electrons. The average molecular weight is 255 g/mol. The summed E-state index contributed by atoms with van der Waals surface area (Å²) in [6.07, 6.45) is 2.46. The second-order valence-electron chi connectivity index (χ2n) is 5.68. The van der Waals surface area contributed by atoms with Crippen molar-refractivity contribution in [2.75, 3.05) is 13.6 Å². The third-order valence-electron chi connectivity index (χ3n) is 4.16. The van der Waals surface area contributed by atoms with E-state index in [-0.39, 0.29) is 5.41 Å². The van der Waals surface area contributed by atoms with Crippen LogP contribution in [-0.4, -0.2) is 23.6 Å². The Morgan fingerprint density at radius 3 is 2.63 bits per heavy atom. The molecule has 1 aliphatic rings. The fourth-order valence-electron chi connectivity index (χ4n) is 2.80. The number of aromatic nitrogens is 2. The first kappa shape index (κ1) is 12.4. The summed E-state index contributed by atoms with van der Waals surface area (Å²) in [4.78, 5) is 8.40. The van der Waals surface area contributed by atoms with Crippen molar-refractivity contribution in [1.82, 2.24) is 15.3 Å². The van der Waals surface area contributed by atoms with Gasteiger partial charge in [-0.1, -0.05) is 24.3 Å². The van der Waals surface area contributed by atoms with Gasteiger partial charge in [-0.05, 0) is 39.3 Å². The molecule has 0 bridgehead atoms. The van der Waals surface area contributed by atoms with Gasteiger partial charge in [-0.25, -0.2) is 4.98 Å². The zero-order valence-electron chi connectivity index (χ0n) is 11.9. The van der Waals surface area contributed by atoms with Crippen molar-refractivity contribution in [2.24, 2.45) is 0 Å². The van der Waals surface area contributed by atoms with Crippen LogP contribution in [0.15, 0.2) is 24.3 Å². The lowest BCUT2D eigenvalue weighted by Crippen LogP contribution is -2.24. The van der Waals surface area contributed by atoms with Gasteiger partial charge in [0.1, 0.15) is 5.82 Å². The third-order valence-corrected chi connectivity index (χ3v) is 4.16. The lowest BCUT2D eigenvalue weighted by Gasteiger charge is -2.10. The maximum absolute atomic E-state index is 4.90. The largest absolute Gasteiger partial charge is 0.345 e. The van der Waals surface area contributed by atoms with Crippen molar-refractivity contribution >= 4 is 0 Å². The van der Waals surface area contributed by atoms with Crippen LogP contribution in [0.25, 0.3) is 11.3 Å².